The molecule has 6 rings (SSSR count). The van der Waals surface area contributed by atoms with Crippen LogP contribution in [0.1, 0.15) is 52.8 Å². The average Bonchev–Trinajstić information content (AvgIpc) is 3.18. The minimum Gasteiger partial charge on any atom is -0.459 e. The summed E-state index contributed by atoms with van der Waals surface area (Å²) in [6.45, 7) is 4.08. The van der Waals surface area contributed by atoms with E-state index in [4.69, 9.17) is 43.4 Å². The summed E-state index contributed by atoms with van der Waals surface area (Å²) in [5.41, 5.74) is 10.2. The molecule has 3 aromatic rings. The van der Waals surface area contributed by atoms with Crippen LogP contribution in [0.5, 0.6) is 0 Å². The fourth-order valence-electron chi connectivity index (χ4n) is 6.47. The second kappa shape index (κ2) is 17.9. The van der Waals surface area contributed by atoms with E-state index >= 15 is 0 Å². The number of fused-ring (bicyclic) bond motifs is 1. The van der Waals surface area contributed by atoms with Crippen molar-refractivity contribution in [2.24, 2.45) is 17.0 Å². The summed E-state index contributed by atoms with van der Waals surface area (Å²) in [5, 5.41) is 15.4. The Morgan fingerprint density at radius 2 is 1.50 bits per heavy atom. The molecule has 0 bridgehead atoms. The van der Waals surface area contributed by atoms with Gasteiger partial charge in [0.05, 0.1) is 30.4 Å². The number of ether oxygens (including phenoxy) is 8. The molecule has 0 aromatic heterocycles. The summed E-state index contributed by atoms with van der Waals surface area (Å²) in [7, 11) is 0. The normalized spacial score (nSPS) is 31.4. The van der Waals surface area contributed by atoms with Crippen molar-refractivity contribution in [3.63, 3.8) is 0 Å². The second-order valence-corrected chi connectivity index (χ2v) is 13.0. The quantitative estimate of drug-likeness (QED) is 0.0791. The molecule has 0 amide bonds. The molecule has 0 spiro atoms. The first-order valence-corrected chi connectivity index (χ1v) is 17.4. The summed E-state index contributed by atoms with van der Waals surface area (Å²) in [6.07, 6.45) is -8.36. The molecule has 1 N–H and O–H groups in total. The molecule has 276 valence electrons. The summed E-state index contributed by atoms with van der Waals surface area (Å²) in [4.78, 5) is 29.1. The van der Waals surface area contributed by atoms with E-state index in [-0.39, 0.29) is 49.9 Å². The molecule has 14 nitrogen and oxygen atoms in total. The molecule has 0 saturated carbocycles. The molecule has 3 aliphatic heterocycles. The van der Waals surface area contributed by atoms with E-state index in [1.165, 1.54) is 0 Å². The van der Waals surface area contributed by atoms with Crippen LogP contribution in [0, 0.1) is 11.8 Å². The zero-order valence-electron chi connectivity index (χ0n) is 28.9. The zero-order valence-corrected chi connectivity index (χ0v) is 28.9. The Labute approximate surface area is 301 Å². The van der Waals surface area contributed by atoms with Gasteiger partial charge in [-0.1, -0.05) is 85.7 Å². The Hall–Kier alpha value is -4.37. The van der Waals surface area contributed by atoms with Crippen molar-refractivity contribution < 1.29 is 52.6 Å². The molecule has 5 unspecified atom stereocenters. The van der Waals surface area contributed by atoms with Gasteiger partial charge in [-0.2, -0.15) is 0 Å². The highest BCUT2D eigenvalue weighted by molar-refractivity contribution is 5.89. The van der Waals surface area contributed by atoms with Crippen LogP contribution in [0.15, 0.2) is 96.1 Å². The van der Waals surface area contributed by atoms with Gasteiger partial charge in [-0.25, -0.2) is 9.59 Å². The Morgan fingerprint density at radius 1 is 0.846 bits per heavy atom. The molecular weight excluding hydrogens is 674 g/mol. The van der Waals surface area contributed by atoms with Crippen molar-refractivity contribution in [1.29, 1.82) is 0 Å². The number of hydrogen-bond acceptors (Lipinski definition) is 12. The van der Waals surface area contributed by atoms with Crippen LogP contribution >= 0.6 is 0 Å². The number of rotatable bonds is 13. The van der Waals surface area contributed by atoms with E-state index in [1.807, 2.05) is 44.2 Å². The fraction of sp³-hybridized carbons (Fsp3) is 0.474. The van der Waals surface area contributed by atoms with Gasteiger partial charge in [-0.3, -0.25) is 0 Å². The molecule has 3 aromatic carbocycles. The predicted octanol–water partition coefficient (Wildman–Crippen LogP) is 5.37. The monoisotopic (exact) mass is 717 g/mol. The highest BCUT2D eigenvalue weighted by atomic mass is 16.8. The van der Waals surface area contributed by atoms with Crippen LogP contribution in [0.4, 0.5) is 0 Å². The van der Waals surface area contributed by atoms with E-state index in [0.29, 0.717) is 12.0 Å². The van der Waals surface area contributed by atoms with Crippen molar-refractivity contribution in [2.45, 2.75) is 75.8 Å². The number of aliphatic hydroxyl groups excluding tert-OH is 1. The lowest BCUT2D eigenvalue weighted by atomic mass is 9.84. The number of benzene rings is 3. The molecular formula is C38H43N3O11. The Balaban J connectivity index is 1.24. The number of hydrogen-bond donors (Lipinski definition) is 1. The maximum atomic E-state index is 13.5. The van der Waals surface area contributed by atoms with Gasteiger partial charge in [0.2, 0.25) is 0 Å². The van der Waals surface area contributed by atoms with Gasteiger partial charge in [0.25, 0.3) is 0 Å². The van der Waals surface area contributed by atoms with Crippen LogP contribution in [-0.4, -0.2) is 92.6 Å². The van der Waals surface area contributed by atoms with Crippen LogP contribution in [0.3, 0.4) is 0 Å². The smallest absolute Gasteiger partial charge is 0.338 e. The Bertz CT molecular complexity index is 1640. The molecule has 11 atom stereocenters. The minimum atomic E-state index is -1.47. The largest absolute Gasteiger partial charge is 0.459 e. The van der Waals surface area contributed by atoms with Crippen molar-refractivity contribution in [1.82, 2.24) is 0 Å². The first kappa shape index (κ1) is 37.4. The Kier molecular flexibility index (Phi) is 12.9. The Morgan fingerprint density at radius 3 is 2.17 bits per heavy atom. The van der Waals surface area contributed by atoms with Crippen LogP contribution < -0.4 is 0 Å². The second-order valence-electron chi connectivity index (χ2n) is 13.0. The van der Waals surface area contributed by atoms with Gasteiger partial charge in [0.15, 0.2) is 25.0 Å². The van der Waals surface area contributed by atoms with Gasteiger partial charge < -0.3 is 43.0 Å². The molecule has 52 heavy (non-hydrogen) atoms. The number of nitrogens with zero attached hydrogens (tertiary/aromatic N) is 3. The van der Waals surface area contributed by atoms with E-state index < -0.39 is 61.3 Å². The summed E-state index contributed by atoms with van der Waals surface area (Å²) < 4.78 is 49.3. The third-order valence-electron chi connectivity index (χ3n) is 9.51. The van der Waals surface area contributed by atoms with Gasteiger partial charge >= 0.3 is 11.9 Å². The molecule has 0 aliphatic carbocycles. The molecule has 14 heteroatoms. The number of azide groups is 1. The van der Waals surface area contributed by atoms with Crippen molar-refractivity contribution in [2.75, 3.05) is 26.4 Å². The van der Waals surface area contributed by atoms with Crippen molar-refractivity contribution >= 4 is 11.9 Å². The molecule has 3 fully saturated rings. The molecule has 3 saturated heterocycles. The number of esters is 2. The molecule has 3 aliphatic rings. The summed E-state index contributed by atoms with van der Waals surface area (Å²) >= 11 is 0. The van der Waals surface area contributed by atoms with E-state index in [1.54, 1.807) is 60.7 Å². The number of aliphatic hydroxyl groups is 1. The van der Waals surface area contributed by atoms with E-state index in [0.717, 1.165) is 5.56 Å². The SMILES string of the molecule is CC1[C@H](O[C@@H]2C(OC(=O)c3ccccc3)[C@H](OCCCN=[N+]=[N-])OC(COC(=O)c3ccccc3)[C@@H]2O)OC2COC(c3ccccc3)O[C@H]2[C@@H]1C. The third kappa shape index (κ3) is 8.98. The van der Waals surface area contributed by atoms with Crippen LogP contribution in [0.2, 0.25) is 0 Å². The maximum Gasteiger partial charge on any atom is 0.338 e. The van der Waals surface area contributed by atoms with E-state index in [9.17, 15) is 14.7 Å². The van der Waals surface area contributed by atoms with E-state index in [2.05, 4.69) is 10.0 Å². The minimum absolute atomic E-state index is 0.0524. The summed E-state index contributed by atoms with van der Waals surface area (Å²) in [5.74, 6) is -1.64. The first-order valence-electron chi connectivity index (χ1n) is 17.4. The van der Waals surface area contributed by atoms with Gasteiger partial charge in [-0.05, 0) is 42.1 Å². The van der Waals surface area contributed by atoms with Crippen molar-refractivity contribution in [3.8, 4) is 0 Å². The lowest BCUT2D eigenvalue weighted by Crippen LogP contribution is -2.64. The maximum absolute atomic E-state index is 13.5. The number of carbonyl (C=O) groups excluding carboxylic acids is 2. The number of carbonyl (C=O) groups is 2. The zero-order chi connectivity index (χ0) is 36.5. The standard InChI is InChI=1S/C38H43N3O11/c1-23-24(2)36(49-29-22-47-37(51-31(23)29)27-17-10-5-11-18-27)52-32-30(42)28(21-46-34(43)25-13-6-3-7-14-25)48-38(45-20-12-19-40-41-39)33(32)50-35(44)26-15-8-4-9-16-26/h3-11,13-18,23-24,28-33,36-38,42H,12,19-22H2,1-2H3/t23-,24?,28?,29?,30+,31+,32+,33?,36+,37?,38-/m1/s1. The van der Waals surface area contributed by atoms with Crippen LogP contribution in [0.25, 0.3) is 10.4 Å². The topological polar surface area (TPSA) is 177 Å². The van der Waals surface area contributed by atoms with Gasteiger partial charge in [-0.15, -0.1) is 0 Å². The summed E-state index contributed by atoms with van der Waals surface area (Å²) in [6, 6.07) is 26.4. The van der Waals surface area contributed by atoms with Crippen LogP contribution in [-0.2, 0) is 37.9 Å². The fourth-order valence-corrected chi connectivity index (χ4v) is 6.47. The lowest BCUT2D eigenvalue weighted by Gasteiger charge is -2.50. The highest BCUT2D eigenvalue weighted by Crippen LogP contribution is 2.41. The van der Waals surface area contributed by atoms with Gasteiger partial charge in [0.1, 0.15) is 31.0 Å². The first-order chi connectivity index (χ1) is 25.3. The lowest BCUT2D eigenvalue weighted by molar-refractivity contribution is -0.372. The van der Waals surface area contributed by atoms with Crippen molar-refractivity contribution in [3.05, 3.63) is 118 Å². The molecule has 0 radical (unpaired) electrons. The highest BCUT2D eigenvalue weighted by Gasteiger charge is 2.53. The predicted molar refractivity (Wildman–Crippen MR) is 183 cm³/mol. The average molecular weight is 718 g/mol. The van der Waals surface area contributed by atoms with Gasteiger partial charge in [0, 0.05) is 22.9 Å². The third-order valence-corrected chi connectivity index (χ3v) is 9.51. The molecule has 3 heterocycles.